The first kappa shape index (κ1) is 15.3. The van der Waals surface area contributed by atoms with E-state index in [1.165, 1.54) is 7.11 Å². The summed E-state index contributed by atoms with van der Waals surface area (Å²) in [6, 6.07) is 6.73. The number of anilines is 1. The Bertz CT molecular complexity index is 647. The fourth-order valence-corrected chi connectivity index (χ4v) is 2.14. The second-order valence-electron chi connectivity index (χ2n) is 4.43. The summed E-state index contributed by atoms with van der Waals surface area (Å²) in [5.74, 6) is 0.0859. The zero-order valence-electron chi connectivity index (χ0n) is 11.9. The number of aryl methyl sites for hydroxylation is 1. The minimum absolute atomic E-state index is 0.275. The Morgan fingerprint density at radius 3 is 2.95 bits per heavy atom. The molecule has 0 atom stereocenters. The van der Waals surface area contributed by atoms with E-state index in [-0.39, 0.29) is 5.91 Å². The summed E-state index contributed by atoms with van der Waals surface area (Å²) in [6.07, 6.45) is 3.30. The minimum atomic E-state index is -0.275. The number of aromatic nitrogens is 2. The van der Waals surface area contributed by atoms with Gasteiger partial charge in [0.25, 0.3) is 5.91 Å². The summed E-state index contributed by atoms with van der Waals surface area (Å²) in [6.45, 7) is 2.04. The van der Waals surface area contributed by atoms with Crippen molar-refractivity contribution in [1.82, 2.24) is 9.97 Å². The predicted molar refractivity (Wildman–Crippen MR) is 82.0 cm³/mol. The summed E-state index contributed by atoms with van der Waals surface area (Å²) >= 11 is 5.96. The van der Waals surface area contributed by atoms with E-state index < -0.39 is 0 Å². The van der Waals surface area contributed by atoms with Crippen LogP contribution < -0.4 is 10.1 Å². The number of hydrogen-bond donors (Lipinski definition) is 1. The molecule has 0 aliphatic rings. The lowest BCUT2D eigenvalue weighted by atomic mass is 10.1. The van der Waals surface area contributed by atoms with Crippen LogP contribution in [-0.2, 0) is 6.42 Å². The van der Waals surface area contributed by atoms with Crippen LogP contribution in [0.4, 0.5) is 5.69 Å². The third kappa shape index (κ3) is 3.92. The van der Waals surface area contributed by atoms with Gasteiger partial charge in [0.2, 0.25) is 5.88 Å². The van der Waals surface area contributed by atoms with Crippen molar-refractivity contribution in [3.63, 3.8) is 0 Å². The molecule has 2 aromatic rings. The fourth-order valence-electron chi connectivity index (χ4n) is 1.91. The largest absolute Gasteiger partial charge is 0.480 e. The number of ether oxygens (including phenoxy) is 1. The van der Waals surface area contributed by atoms with Crippen LogP contribution in [0.2, 0.25) is 5.15 Å². The van der Waals surface area contributed by atoms with Gasteiger partial charge in [-0.05, 0) is 30.7 Å². The molecule has 6 heteroatoms. The highest BCUT2D eigenvalue weighted by molar-refractivity contribution is 6.29. The molecule has 0 aliphatic carbocycles. The lowest BCUT2D eigenvalue weighted by molar-refractivity contribution is 0.102. The van der Waals surface area contributed by atoms with Crippen LogP contribution in [0.25, 0.3) is 0 Å². The van der Waals surface area contributed by atoms with Crippen LogP contribution >= 0.6 is 11.6 Å². The number of methoxy groups -OCH3 is 1. The molecule has 2 aromatic heterocycles. The Balaban J connectivity index is 2.24. The van der Waals surface area contributed by atoms with Gasteiger partial charge in [0.05, 0.1) is 7.11 Å². The Morgan fingerprint density at radius 1 is 1.43 bits per heavy atom. The number of nitrogens with one attached hydrogen (secondary N) is 1. The van der Waals surface area contributed by atoms with Gasteiger partial charge in [0.15, 0.2) is 0 Å². The molecule has 0 aliphatic heterocycles. The van der Waals surface area contributed by atoms with Gasteiger partial charge in [0.1, 0.15) is 10.8 Å². The van der Waals surface area contributed by atoms with Crippen LogP contribution in [0.1, 0.15) is 29.4 Å². The van der Waals surface area contributed by atoms with E-state index in [1.54, 1.807) is 30.5 Å². The van der Waals surface area contributed by atoms with Gasteiger partial charge in [-0.3, -0.25) is 4.79 Å². The molecule has 0 bridgehead atoms. The summed E-state index contributed by atoms with van der Waals surface area (Å²) in [5.41, 5.74) is 1.77. The van der Waals surface area contributed by atoms with E-state index in [4.69, 9.17) is 16.3 Å². The number of carbonyl (C=O) groups is 1. The molecule has 0 unspecified atom stereocenters. The van der Waals surface area contributed by atoms with Gasteiger partial charge in [-0.2, -0.15) is 0 Å². The number of pyridine rings is 2. The molecule has 2 rings (SSSR count). The normalized spacial score (nSPS) is 10.2. The van der Waals surface area contributed by atoms with E-state index >= 15 is 0 Å². The van der Waals surface area contributed by atoms with E-state index in [9.17, 15) is 4.79 Å². The summed E-state index contributed by atoms with van der Waals surface area (Å²) in [5, 5.41) is 3.07. The highest BCUT2D eigenvalue weighted by Crippen LogP contribution is 2.21. The van der Waals surface area contributed by atoms with Crippen LogP contribution in [0, 0.1) is 0 Å². The quantitative estimate of drug-likeness (QED) is 0.860. The van der Waals surface area contributed by atoms with E-state index in [0.717, 1.165) is 18.5 Å². The van der Waals surface area contributed by atoms with Crippen molar-refractivity contribution in [3.8, 4) is 5.88 Å². The fraction of sp³-hybridized carbons (Fsp3) is 0.267. The van der Waals surface area contributed by atoms with E-state index in [0.29, 0.717) is 22.3 Å². The highest BCUT2D eigenvalue weighted by Gasteiger charge is 2.12. The van der Waals surface area contributed by atoms with Crippen molar-refractivity contribution < 1.29 is 9.53 Å². The smallest absolute Gasteiger partial charge is 0.255 e. The van der Waals surface area contributed by atoms with Crippen molar-refractivity contribution in [2.75, 3.05) is 12.4 Å². The topological polar surface area (TPSA) is 64.1 Å². The molecule has 0 saturated heterocycles. The monoisotopic (exact) mass is 305 g/mol. The molecule has 1 N–H and O–H groups in total. The second-order valence-corrected chi connectivity index (χ2v) is 4.82. The lowest BCUT2D eigenvalue weighted by Crippen LogP contribution is -2.14. The molecule has 110 valence electrons. The molecule has 0 radical (unpaired) electrons. The average molecular weight is 306 g/mol. The van der Waals surface area contributed by atoms with E-state index in [2.05, 4.69) is 15.3 Å². The first-order valence-electron chi connectivity index (χ1n) is 6.61. The Morgan fingerprint density at radius 2 is 2.24 bits per heavy atom. The van der Waals surface area contributed by atoms with Crippen LogP contribution in [-0.4, -0.2) is 23.0 Å². The molecule has 0 fully saturated rings. The molecule has 21 heavy (non-hydrogen) atoms. The van der Waals surface area contributed by atoms with Crippen LogP contribution in [0.3, 0.4) is 0 Å². The Hall–Kier alpha value is -2.14. The van der Waals surface area contributed by atoms with Gasteiger partial charge < -0.3 is 10.1 Å². The first-order valence-corrected chi connectivity index (χ1v) is 6.98. The van der Waals surface area contributed by atoms with Gasteiger partial charge in [0, 0.05) is 17.5 Å². The SMILES string of the molecule is CCCc1cc(C(=O)Nc2cccnc2OC)cc(Cl)n1. The Labute approximate surface area is 128 Å². The maximum Gasteiger partial charge on any atom is 0.255 e. The highest BCUT2D eigenvalue weighted by atomic mass is 35.5. The minimum Gasteiger partial charge on any atom is -0.480 e. The number of amides is 1. The molecule has 0 saturated carbocycles. The number of halogens is 1. The molecule has 2 heterocycles. The third-order valence-corrected chi connectivity index (χ3v) is 3.02. The third-order valence-electron chi connectivity index (χ3n) is 2.83. The van der Waals surface area contributed by atoms with Crippen molar-refractivity contribution in [1.29, 1.82) is 0 Å². The molecular formula is C15H16ClN3O2. The maximum absolute atomic E-state index is 12.3. The first-order chi connectivity index (χ1) is 10.1. The number of nitrogens with zero attached hydrogens (tertiary/aromatic N) is 2. The average Bonchev–Trinajstić information content (AvgIpc) is 2.47. The number of rotatable bonds is 5. The van der Waals surface area contributed by atoms with Crippen molar-refractivity contribution in [3.05, 3.63) is 46.9 Å². The van der Waals surface area contributed by atoms with Gasteiger partial charge in [-0.1, -0.05) is 24.9 Å². The summed E-state index contributed by atoms with van der Waals surface area (Å²) < 4.78 is 5.10. The Kier molecular flexibility index (Phi) is 5.11. The number of carbonyl (C=O) groups excluding carboxylic acids is 1. The molecule has 0 spiro atoms. The van der Waals surface area contributed by atoms with Crippen molar-refractivity contribution in [2.24, 2.45) is 0 Å². The second kappa shape index (κ2) is 7.04. The number of hydrogen-bond acceptors (Lipinski definition) is 4. The predicted octanol–water partition coefficient (Wildman–Crippen LogP) is 3.34. The lowest BCUT2D eigenvalue weighted by Gasteiger charge is -2.09. The zero-order valence-corrected chi connectivity index (χ0v) is 12.6. The molecule has 5 nitrogen and oxygen atoms in total. The van der Waals surface area contributed by atoms with Crippen LogP contribution in [0.5, 0.6) is 5.88 Å². The van der Waals surface area contributed by atoms with Gasteiger partial charge in [-0.25, -0.2) is 9.97 Å². The van der Waals surface area contributed by atoms with Crippen molar-refractivity contribution in [2.45, 2.75) is 19.8 Å². The zero-order chi connectivity index (χ0) is 15.2. The van der Waals surface area contributed by atoms with Crippen molar-refractivity contribution >= 4 is 23.2 Å². The van der Waals surface area contributed by atoms with Gasteiger partial charge >= 0.3 is 0 Å². The van der Waals surface area contributed by atoms with Crippen LogP contribution in [0.15, 0.2) is 30.5 Å². The summed E-state index contributed by atoms with van der Waals surface area (Å²) in [7, 11) is 1.50. The van der Waals surface area contributed by atoms with Gasteiger partial charge in [-0.15, -0.1) is 0 Å². The molecule has 1 amide bonds. The molecule has 0 aromatic carbocycles. The maximum atomic E-state index is 12.3. The van der Waals surface area contributed by atoms with E-state index in [1.807, 2.05) is 6.92 Å². The standard InChI is InChI=1S/C15H16ClN3O2/c1-3-5-11-8-10(9-13(16)18-11)14(20)19-12-6-4-7-17-15(12)21-2/h4,6-9H,3,5H2,1-2H3,(H,19,20). The molecular weight excluding hydrogens is 290 g/mol. The summed E-state index contributed by atoms with van der Waals surface area (Å²) in [4.78, 5) is 20.5.